The lowest BCUT2D eigenvalue weighted by atomic mass is 10.2. The topological polar surface area (TPSA) is 41.7 Å². The van der Waals surface area contributed by atoms with E-state index in [0.717, 1.165) is 42.0 Å². The Labute approximate surface area is 131 Å². The largest absolute Gasteiger partial charge is 0.493 e. The van der Waals surface area contributed by atoms with Crippen LogP contribution in [-0.4, -0.2) is 61.2 Å². The molecule has 2 aromatic rings. The Morgan fingerprint density at radius 3 is 2.73 bits per heavy atom. The lowest BCUT2D eigenvalue weighted by Crippen LogP contribution is -2.44. The second-order valence-electron chi connectivity index (χ2n) is 6.17. The first kappa shape index (κ1) is 15.3. The monoisotopic (exact) mass is 303 g/mol. The molecule has 0 aliphatic carbocycles. The molecule has 5 nitrogen and oxygen atoms in total. The molecule has 22 heavy (non-hydrogen) atoms. The van der Waals surface area contributed by atoms with Crippen molar-refractivity contribution in [2.24, 2.45) is 0 Å². The molecule has 1 aliphatic heterocycles. The maximum atomic E-state index is 5.94. The van der Waals surface area contributed by atoms with Gasteiger partial charge in [-0.05, 0) is 32.0 Å². The highest BCUT2D eigenvalue weighted by atomic mass is 16.5. The first-order chi connectivity index (χ1) is 10.6. The zero-order chi connectivity index (χ0) is 15.5. The van der Waals surface area contributed by atoms with Gasteiger partial charge in [-0.3, -0.25) is 0 Å². The third kappa shape index (κ3) is 3.59. The van der Waals surface area contributed by atoms with Crippen molar-refractivity contribution in [1.82, 2.24) is 14.8 Å². The highest BCUT2D eigenvalue weighted by Gasteiger charge is 2.13. The summed E-state index contributed by atoms with van der Waals surface area (Å²) in [5, 5.41) is 0. The summed E-state index contributed by atoms with van der Waals surface area (Å²) < 4.78 is 11.5. The van der Waals surface area contributed by atoms with Crippen LogP contribution in [-0.2, 0) is 0 Å². The maximum Gasteiger partial charge on any atom is 0.192 e. The summed E-state index contributed by atoms with van der Waals surface area (Å²) in [5.41, 5.74) is 2.82. The van der Waals surface area contributed by atoms with Crippen molar-refractivity contribution in [3.8, 4) is 5.75 Å². The predicted octanol–water partition coefficient (Wildman–Crippen LogP) is 2.46. The second kappa shape index (κ2) is 6.67. The Bertz CT molecular complexity index is 630. The van der Waals surface area contributed by atoms with E-state index in [1.54, 1.807) is 0 Å². The summed E-state index contributed by atoms with van der Waals surface area (Å²) in [5.74, 6) is 1.60. The van der Waals surface area contributed by atoms with E-state index in [1.807, 2.05) is 19.1 Å². The smallest absolute Gasteiger partial charge is 0.192 e. The Morgan fingerprint density at radius 2 is 1.95 bits per heavy atom. The summed E-state index contributed by atoms with van der Waals surface area (Å²) in [4.78, 5) is 9.24. The molecule has 0 radical (unpaired) electrons. The molecule has 1 saturated heterocycles. The van der Waals surface area contributed by atoms with Gasteiger partial charge in [0.15, 0.2) is 11.5 Å². The van der Waals surface area contributed by atoms with Gasteiger partial charge in [0.05, 0.1) is 6.61 Å². The second-order valence-corrected chi connectivity index (χ2v) is 6.17. The van der Waals surface area contributed by atoms with Gasteiger partial charge in [-0.1, -0.05) is 0 Å². The van der Waals surface area contributed by atoms with Crippen LogP contribution in [0.4, 0.5) is 0 Å². The molecule has 1 fully saturated rings. The third-order valence-corrected chi connectivity index (χ3v) is 4.26. The van der Waals surface area contributed by atoms with E-state index >= 15 is 0 Å². The molecule has 2 heterocycles. The highest BCUT2D eigenvalue weighted by Crippen LogP contribution is 2.26. The lowest BCUT2D eigenvalue weighted by Gasteiger charge is -2.32. The first-order valence-electron chi connectivity index (χ1n) is 8.03. The molecule has 3 rings (SSSR count). The molecule has 5 heteroatoms. The van der Waals surface area contributed by atoms with Gasteiger partial charge >= 0.3 is 0 Å². The number of rotatable bonds is 5. The Kier molecular flexibility index (Phi) is 4.64. The molecule has 0 saturated carbocycles. The third-order valence-electron chi connectivity index (χ3n) is 4.26. The molecule has 0 atom stereocenters. The number of benzene rings is 1. The summed E-state index contributed by atoms with van der Waals surface area (Å²) in [6.45, 7) is 10.4. The van der Waals surface area contributed by atoms with Gasteiger partial charge in [0.2, 0.25) is 0 Å². The molecule has 0 N–H and O–H groups in total. The van der Waals surface area contributed by atoms with Crippen LogP contribution in [0.25, 0.3) is 11.1 Å². The van der Waals surface area contributed by atoms with Crippen molar-refractivity contribution < 1.29 is 9.15 Å². The number of aromatic nitrogens is 1. The summed E-state index contributed by atoms with van der Waals surface area (Å²) in [6.07, 6.45) is 1.05. The van der Waals surface area contributed by atoms with Gasteiger partial charge < -0.3 is 19.0 Å². The molecular weight excluding hydrogens is 278 g/mol. The summed E-state index contributed by atoms with van der Waals surface area (Å²) in [7, 11) is 2.19. The van der Waals surface area contributed by atoms with Gasteiger partial charge in [-0.2, -0.15) is 0 Å². The quantitative estimate of drug-likeness (QED) is 0.794. The SMILES string of the molecule is Cc1nc2cc(C)c(OCCCN3CCN(C)CC3)cc2o1. The van der Waals surface area contributed by atoms with Crippen LogP contribution in [0.2, 0.25) is 0 Å². The van der Waals surface area contributed by atoms with Crippen molar-refractivity contribution in [3.63, 3.8) is 0 Å². The molecule has 1 aliphatic rings. The normalized spacial score (nSPS) is 17.2. The van der Waals surface area contributed by atoms with Gasteiger partial charge in [0, 0.05) is 45.7 Å². The van der Waals surface area contributed by atoms with Crippen molar-refractivity contribution in [2.45, 2.75) is 20.3 Å². The Hall–Kier alpha value is -1.59. The highest BCUT2D eigenvalue weighted by molar-refractivity contribution is 5.76. The minimum atomic E-state index is 0.696. The van der Waals surface area contributed by atoms with Crippen LogP contribution in [0.15, 0.2) is 16.5 Å². The molecule has 0 bridgehead atoms. The average molecular weight is 303 g/mol. The Balaban J connectivity index is 1.50. The average Bonchev–Trinajstić information content (AvgIpc) is 2.84. The van der Waals surface area contributed by atoms with Crippen LogP contribution >= 0.6 is 0 Å². The van der Waals surface area contributed by atoms with E-state index in [4.69, 9.17) is 9.15 Å². The number of nitrogens with zero attached hydrogens (tertiary/aromatic N) is 3. The number of piperazine rings is 1. The van der Waals surface area contributed by atoms with Crippen LogP contribution in [0.1, 0.15) is 17.9 Å². The van der Waals surface area contributed by atoms with E-state index in [9.17, 15) is 0 Å². The molecule has 0 amide bonds. The number of hydrogen-bond donors (Lipinski definition) is 0. The van der Waals surface area contributed by atoms with Crippen LogP contribution in [0, 0.1) is 13.8 Å². The minimum Gasteiger partial charge on any atom is -0.493 e. The maximum absolute atomic E-state index is 5.94. The lowest BCUT2D eigenvalue weighted by molar-refractivity contribution is 0.145. The standard InChI is InChI=1S/C17H25N3O2/c1-13-11-15-17(22-14(2)18-15)12-16(13)21-10-4-5-20-8-6-19(3)7-9-20/h11-12H,4-10H2,1-3H3. The van der Waals surface area contributed by atoms with E-state index in [0.29, 0.717) is 5.89 Å². The van der Waals surface area contributed by atoms with Gasteiger partial charge in [-0.25, -0.2) is 4.98 Å². The molecule has 0 spiro atoms. The number of ether oxygens (including phenoxy) is 1. The number of fused-ring (bicyclic) bond motifs is 1. The zero-order valence-corrected chi connectivity index (χ0v) is 13.8. The molecule has 1 aromatic heterocycles. The summed E-state index contributed by atoms with van der Waals surface area (Å²) >= 11 is 0. The predicted molar refractivity (Wildman–Crippen MR) is 87.5 cm³/mol. The van der Waals surface area contributed by atoms with E-state index in [1.165, 1.54) is 26.2 Å². The van der Waals surface area contributed by atoms with E-state index < -0.39 is 0 Å². The van der Waals surface area contributed by atoms with Crippen molar-refractivity contribution >= 4 is 11.1 Å². The fraction of sp³-hybridized carbons (Fsp3) is 0.588. The van der Waals surface area contributed by atoms with E-state index in [-0.39, 0.29) is 0 Å². The Morgan fingerprint density at radius 1 is 1.18 bits per heavy atom. The molecular formula is C17H25N3O2. The molecule has 1 aromatic carbocycles. The van der Waals surface area contributed by atoms with Crippen LogP contribution in [0.3, 0.4) is 0 Å². The van der Waals surface area contributed by atoms with Gasteiger partial charge in [-0.15, -0.1) is 0 Å². The van der Waals surface area contributed by atoms with Crippen molar-refractivity contribution in [3.05, 3.63) is 23.6 Å². The van der Waals surface area contributed by atoms with Crippen LogP contribution < -0.4 is 4.74 Å². The fourth-order valence-corrected chi connectivity index (χ4v) is 2.87. The number of oxazole rings is 1. The van der Waals surface area contributed by atoms with E-state index in [2.05, 4.69) is 28.8 Å². The molecule has 120 valence electrons. The van der Waals surface area contributed by atoms with Crippen molar-refractivity contribution in [2.75, 3.05) is 46.4 Å². The van der Waals surface area contributed by atoms with Gasteiger partial charge in [0.25, 0.3) is 0 Å². The fourth-order valence-electron chi connectivity index (χ4n) is 2.87. The number of likely N-dealkylation sites (N-methyl/N-ethyl adjacent to an activating group) is 1. The number of aryl methyl sites for hydroxylation is 2. The first-order valence-corrected chi connectivity index (χ1v) is 8.03. The minimum absolute atomic E-state index is 0.696. The number of hydrogen-bond acceptors (Lipinski definition) is 5. The molecule has 0 unspecified atom stereocenters. The van der Waals surface area contributed by atoms with Crippen molar-refractivity contribution in [1.29, 1.82) is 0 Å². The van der Waals surface area contributed by atoms with Crippen LogP contribution in [0.5, 0.6) is 5.75 Å². The van der Waals surface area contributed by atoms with Gasteiger partial charge in [0.1, 0.15) is 11.3 Å². The summed E-state index contributed by atoms with van der Waals surface area (Å²) in [6, 6.07) is 3.99. The zero-order valence-electron chi connectivity index (χ0n) is 13.8.